The highest BCUT2D eigenvalue weighted by molar-refractivity contribution is 7.89. The molecule has 2 aliphatic heterocycles. The van der Waals surface area contributed by atoms with Crippen LogP contribution in [0.3, 0.4) is 0 Å². The quantitative estimate of drug-likeness (QED) is 0.548. The Morgan fingerprint density at radius 3 is 2.21 bits per heavy atom. The Kier molecular flexibility index (Phi) is 5.55. The van der Waals surface area contributed by atoms with Crippen LogP contribution in [0.25, 0.3) is 11.1 Å². The zero-order chi connectivity index (χ0) is 23.2. The van der Waals surface area contributed by atoms with Gasteiger partial charge < -0.3 is 0 Å². The van der Waals surface area contributed by atoms with Crippen LogP contribution in [0.15, 0.2) is 77.7 Å². The van der Waals surface area contributed by atoms with E-state index in [1.807, 2.05) is 12.1 Å². The average Bonchev–Trinajstić information content (AvgIpc) is 2.77. The molecule has 1 fully saturated rings. The predicted molar refractivity (Wildman–Crippen MR) is 120 cm³/mol. The highest BCUT2D eigenvalue weighted by atomic mass is 32.2. The summed E-state index contributed by atoms with van der Waals surface area (Å²) in [6, 6.07) is 19.6. The Balaban J connectivity index is 1.26. The molecule has 0 aliphatic carbocycles. The molecule has 2 heterocycles. The van der Waals surface area contributed by atoms with Gasteiger partial charge in [-0.15, -0.1) is 0 Å². The molecule has 33 heavy (non-hydrogen) atoms. The Morgan fingerprint density at radius 1 is 0.818 bits per heavy atom. The van der Waals surface area contributed by atoms with Crippen molar-refractivity contribution in [3.05, 3.63) is 89.5 Å². The molecule has 0 amide bonds. The number of alkyl halides is 3. The van der Waals surface area contributed by atoms with Crippen molar-refractivity contribution in [2.24, 2.45) is 0 Å². The molecular formula is C25H23F3N2O2S. The Bertz CT molecular complexity index is 1270. The fourth-order valence-corrected chi connectivity index (χ4v) is 6.03. The van der Waals surface area contributed by atoms with Crippen LogP contribution >= 0.6 is 0 Å². The molecule has 172 valence electrons. The van der Waals surface area contributed by atoms with E-state index in [4.69, 9.17) is 0 Å². The van der Waals surface area contributed by atoms with Gasteiger partial charge in [0.2, 0.25) is 10.0 Å². The Hall–Kier alpha value is -2.68. The van der Waals surface area contributed by atoms with Crippen molar-refractivity contribution in [3.8, 4) is 11.1 Å². The fraction of sp³-hybridized carbons (Fsp3) is 0.280. The number of nitrogens with zero attached hydrogens (tertiary/aromatic N) is 2. The van der Waals surface area contributed by atoms with Gasteiger partial charge in [-0.3, -0.25) is 4.90 Å². The molecule has 0 atom stereocenters. The van der Waals surface area contributed by atoms with E-state index in [9.17, 15) is 21.6 Å². The van der Waals surface area contributed by atoms with Crippen molar-refractivity contribution >= 4 is 10.0 Å². The number of benzene rings is 3. The summed E-state index contributed by atoms with van der Waals surface area (Å²) >= 11 is 0. The molecular weight excluding hydrogens is 449 g/mol. The van der Waals surface area contributed by atoms with E-state index in [2.05, 4.69) is 17.0 Å². The SMILES string of the molecule is O=S(=O)(c1ccc(-c2cccc(C(F)(F)F)c2)cc1)N1CC(N2CCc3ccccc3C2)C1. The third-order valence-corrected chi connectivity index (χ3v) is 8.37. The molecule has 1 saturated heterocycles. The highest BCUT2D eigenvalue weighted by Gasteiger charge is 2.40. The predicted octanol–water partition coefficient (Wildman–Crippen LogP) is 4.80. The van der Waals surface area contributed by atoms with Crippen LogP contribution in [0, 0.1) is 0 Å². The number of sulfonamides is 1. The van der Waals surface area contributed by atoms with Crippen LogP contribution in [0.1, 0.15) is 16.7 Å². The summed E-state index contributed by atoms with van der Waals surface area (Å²) in [6.07, 6.45) is -3.46. The van der Waals surface area contributed by atoms with E-state index in [1.54, 1.807) is 18.2 Å². The van der Waals surface area contributed by atoms with E-state index in [0.29, 0.717) is 24.2 Å². The first-order valence-corrected chi connectivity index (χ1v) is 12.2. The van der Waals surface area contributed by atoms with Crippen LogP contribution < -0.4 is 0 Å². The molecule has 0 saturated carbocycles. The van der Waals surface area contributed by atoms with Gasteiger partial charge in [0.25, 0.3) is 0 Å². The molecule has 2 aliphatic rings. The van der Waals surface area contributed by atoms with Crippen LogP contribution in [0.5, 0.6) is 0 Å². The van der Waals surface area contributed by atoms with Gasteiger partial charge in [-0.25, -0.2) is 8.42 Å². The monoisotopic (exact) mass is 472 g/mol. The summed E-state index contributed by atoms with van der Waals surface area (Å²) in [7, 11) is -3.64. The van der Waals surface area contributed by atoms with E-state index in [0.717, 1.165) is 31.6 Å². The summed E-state index contributed by atoms with van der Waals surface area (Å²) in [6.45, 7) is 2.64. The molecule has 0 aromatic heterocycles. The van der Waals surface area contributed by atoms with Gasteiger partial charge in [-0.1, -0.05) is 48.5 Å². The topological polar surface area (TPSA) is 40.6 Å². The molecule has 3 aromatic carbocycles. The zero-order valence-electron chi connectivity index (χ0n) is 17.8. The summed E-state index contributed by atoms with van der Waals surface area (Å²) in [5.74, 6) is 0. The minimum Gasteiger partial charge on any atom is -0.293 e. The first-order chi connectivity index (χ1) is 15.7. The Morgan fingerprint density at radius 2 is 1.52 bits per heavy atom. The van der Waals surface area contributed by atoms with Crippen LogP contribution in [0.2, 0.25) is 0 Å². The van der Waals surface area contributed by atoms with Gasteiger partial charge in [-0.05, 0) is 52.9 Å². The first-order valence-electron chi connectivity index (χ1n) is 10.8. The molecule has 0 spiro atoms. The maximum Gasteiger partial charge on any atom is 0.416 e. The van der Waals surface area contributed by atoms with Crippen molar-refractivity contribution in [1.82, 2.24) is 9.21 Å². The van der Waals surface area contributed by atoms with Crippen molar-refractivity contribution < 1.29 is 21.6 Å². The molecule has 4 nitrogen and oxygen atoms in total. The molecule has 0 unspecified atom stereocenters. The third kappa shape index (κ3) is 4.30. The van der Waals surface area contributed by atoms with E-state index in [-0.39, 0.29) is 10.9 Å². The van der Waals surface area contributed by atoms with Crippen LogP contribution in [0.4, 0.5) is 13.2 Å². The minimum atomic E-state index is -4.43. The average molecular weight is 473 g/mol. The second-order valence-corrected chi connectivity index (χ2v) is 10.5. The zero-order valence-corrected chi connectivity index (χ0v) is 18.6. The van der Waals surface area contributed by atoms with Crippen molar-refractivity contribution in [2.75, 3.05) is 19.6 Å². The number of hydrogen-bond donors (Lipinski definition) is 0. The lowest BCUT2D eigenvalue weighted by atomic mass is 9.97. The number of rotatable bonds is 4. The van der Waals surface area contributed by atoms with E-state index < -0.39 is 21.8 Å². The second kappa shape index (κ2) is 8.27. The number of hydrogen-bond acceptors (Lipinski definition) is 3. The summed E-state index contributed by atoms with van der Waals surface area (Å²) in [5.41, 5.74) is 2.86. The summed E-state index contributed by atoms with van der Waals surface area (Å²) in [5, 5.41) is 0. The number of fused-ring (bicyclic) bond motifs is 1. The smallest absolute Gasteiger partial charge is 0.293 e. The van der Waals surface area contributed by atoms with Gasteiger partial charge in [-0.2, -0.15) is 17.5 Å². The molecule has 3 aromatic rings. The molecule has 0 radical (unpaired) electrons. The van der Waals surface area contributed by atoms with Crippen LogP contribution in [-0.2, 0) is 29.2 Å². The third-order valence-electron chi connectivity index (χ3n) is 6.52. The standard InChI is InChI=1S/C25H23F3N2O2S/c26-25(27,28)22-7-3-6-20(14-22)19-8-10-24(11-9-19)33(31,32)30-16-23(17-30)29-13-12-18-4-1-2-5-21(18)15-29/h1-11,14,23H,12-13,15-17H2. The second-order valence-electron chi connectivity index (χ2n) is 8.57. The molecule has 8 heteroatoms. The molecule has 5 rings (SSSR count). The van der Waals surface area contributed by atoms with Gasteiger partial charge in [0, 0.05) is 32.2 Å². The van der Waals surface area contributed by atoms with Gasteiger partial charge >= 0.3 is 6.18 Å². The lowest BCUT2D eigenvalue weighted by molar-refractivity contribution is -0.137. The maximum absolute atomic E-state index is 13.0. The van der Waals surface area contributed by atoms with Gasteiger partial charge in [0.15, 0.2) is 0 Å². The van der Waals surface area contributed by atoms with Crippen molar-refractivity contribution in [2.45, 2.75) is 30.1 Å². The van der Waals surface area contributed by atoms with E-state index >= 15 is 0 Å². The lowest BCUT2D eigenvalue weighted by Crippen LogP contribution is -2.61. The largest absolute Gasteiger partial charge is 0.416 e. The highest BCUT2D eigenvalue weighted by Crippen LogP contribution is 2.33. The Labute approximate surface area is 191 Å². The van der Waals surface area contributed by atoms with Gasteiger partial charge in [0.05, 0.1) is 10.5 Å². The normalized spacial score (nSPS) is 18.0. The van der Waals surface area contributed by atoms with Crippen molar-refractivity contribution in [3.63, 3.8) is 0 Å². The molecule has 0 bridgehead atoms. The summed E-state index contributed by atoms with van der Waals surface area (Å²) < 4.78 is 66.5. The minimum absolute atomic E-state index is 0.153. The van der Waals surface area contributed by atoms with Gasteiger partial charge in [0.1, 0.15) is 0 Å². The fourth-order valence-electron chi connectivity index (χ4n) is 4.52. The molecule has 0 N–H and O–H groups in total. The lowest BCUT2D eigenvalue weighted by Gasteiger charge is -2.46. The van der Waals surface area contributed by atoms with E-state index in [1.165, 1.54) is 33.6 Å². The summed E-state index contributed by atoms with van der Waals surface area (Å²) in [4.78, 5) is 2.49. The maximum atomic E-state index is 13.0. The first kappa shape index (κ1) is 22.1. The van der Waals surface area contributed by atoms with Crippen molar-refractivity contribution in [1.29, 1.82) is 0 Å². The number of halogens is 3. The van der Waals surface area contributed by atoms with Crippen LogP contribution in [-0.4, -0.2) is 43.3 Å².